The second-order valence-corrected chi connectivity index (χ2v) is 5.83. The summed E-state index contributed by atoms with van der Waals surface area (Å²) >= 11 is 1.40. The zero-order valence-corrected chi connectivity index (χ0v) is 12.8. The maximum Gasteiger partial charge on any atom is 0.259 e. The van der Waals surface area contributed by atoms with E-state index in [1.165, 1.54) is 35.5 Å². The Balaban J connectivity index is 2.06. The average Bonchev–Trinajstić information content (AvgIpc) is 3.03. The molecule has 0 radical (unpaired) electrons. The lowest BCUT2D eigenvalue weighted by molar-refractivity contribution is 0.0741. The molecule has 1 aliphatic heterocycles. The van der Waals surface area contributed by atoms with Crippen molar-refractivity contribution in [3.8, 4) is 11.8 Å². The fourth-order valence-electron chi connectivity index (χ4n) is 2.57. The molecular formula is C15H12FN3O2S. The molecule has 1 aromatic carbocycles. The van der Waals surface area contributed by atoms with E-state index in [1.54, 1.807) is 0 Å². The van der Waals surface area contributed by atoms with E-state index >= 15 is 0 Å². The van der Waals surface area contributed by atoms with Gasteiger partial charge in [0.2, 0.25) is 0 Å². The lowest BCUT2D eigenvalue weighted by atomic mass is 10.0. The third-order valence-electron chi connectivity index (χ3n) is 3.53. The van der Waals surface area contributed by atoms with Crippen LogP contribution in [0.15, 0.2) is 17.5 Å². The van der Waals surface area contributed by atoms with Crippen molar-refractivity contribution in [1.82, 2.24) is 9.88 Å². The Kier molecular flexibility index (Phi) is 3.54. The summed E-state index contributed by atoms with van der Waals surface area (Å²) in [5.41, 5.74) is 1.06. The summed E-state index contributed by atoms with van der Waals surface area (Å²) in [6, 6.07) is 3.65. The fourth-order valence-corrected chi connectivity index (χ4v) is 3.34. The van der Waals surface area contributed by atoms with E-state index < -0.39 is 17.8 Å². The topological polar surface area (TPSA) is 66.2 Å². The summed E-state index contributed by atoms with van der Waals surface area (Å²) in [5.74, 6) is -0.709. The molecule has 2 heterocycles. The van der Waals surface area contributed by atoms with Gasteiger partial charge in [-0.1, -0.05) is 0 Å². The highest BCUT2D eigenvalue weighted by molar-refractivity contribution is 7.09. The number of benzene rings is 1. The van der Waals surface area contributed by atoms with E-state index in [4.69, 9.17) is 4.74 Å². The highest BCUT2D eigenvalue weighted by Gasteiger charge is 2.41. The van der Waals surface area contributed by atoms with E-state index in [-0.39, 0.29) is 23.4 Å². The predicted octanol–water partition coefficient (Wildman–Crippen LogP) is 2.82. The van der Waals surface area contributed by atoms with Crippen LogP contribution < -0.4 is 4.74 Å². The lowest BCUT2D eigenvalue weighted by Crippen LogP contribution is -2.27. The van der Waals surface area contributed by atoms with Crippen LogP contribution in [-0.4, -0.2) is 22.9 Å². The molecule has 7 heteroatoms. The van der Waals surface area contributed by atoms with Crippen molar-refractivity contribution < 1.29 is 13.9 Å². The summed E-state index contributed by atoms with van der Waals surface area (Å²) in [6.45, 7) is 2.03. The summed E-state index contributed by atoms with van der Waals surface area (Å²) in [6.07, 6.45) is 0. The number of rotatable bonds is 3. The van der Waals surface area contributed by atoms with Gasteiger partial charge in [0, 0.05) is 16.6 Å². The number of ether oxygens (including phenoxy) is 1. The van der Waals surface area contributed by atoms with Gasteiger partial charge in [0.15, 0.2) is 0 Å². The number of hydrogen-bond donors (Lipinski definition) is 0. The summed E-state index contributed by atoms with van der Waals surface area (Å²) in [7, 11) is 1.41. The van der Waals surface area contributed by atoms with Crippen LogP contribution in [0.3, 0.4) is 0 Å². The first-order valence-corrected chi connectivity index (χ1v) is 7.42. The number of fused-ring (bicyclic) bond motifs is 1. The van der Waals surface area contributed by atoms with Crippen molar-refractivity contribution in [3.63, 3.8) is 0 Å². The molecule has 1 atom stereocenters. The Morgan fingerprint density at radius 1 is 1.55 bits per heavy atom. The molecule has 1 aromatic heterocycles. The number of nitriles is 1. The third-order valence-corrected chi connectivity index (χ3v) is 4.48. The van der Waals surface area contributed by atoms with Gasteiger partial charge in [-0.3, -0.25) is 4.79 Å². The minimum absolute atomic E-state index is 0.0835. The van der Waals surface area contributed by atoms with Crippen LogP contribution in [0.25, 0.3) is 0 Å². The van der Waals surface area contributed by atoms with Crippen molar-refractivity contribution in [3.05, 3.63) is 45.2 Å². The number of aromatic nitrogens is 1. The van der Waals surface area contributed by atoms with Crippen molar-refractivity contribution in [2.75, 3.05) is 7.11 Å². The first kappa shape index (κ1) is 14.5. The molecule has 1 amide bonds. The molecule has 0 aliphatic carbocycles. The number of halogens is 1. The van der Waals surface area contributed by atoms with Gasteiger partial charge in [-0.05, 0) is 19.1 Å². The minimum atomic E-state index is -0.971. The van der Waals surface area contributed by atoms with Crippen LogP contribution in [0.2, 0.25) is 0 Å². The first-order valence-electron chi connectivity index (χ1n) is 6.54. The molecule has 3 rings (SSSR count). The van der Waals surface area contributed by atoms with E-state index in [2.05, 4.69) is 4.98 Å². The molecule has 0 bridgehead atoms. The summed E-state index contributed by atoms with van der Waals surface area (Å²) in [4.78, 5) is 18.2. The number of carbonyl (C=O) groups is 1. The molecule has 0 saturated carbocycles. The van der Waals surface area contributed by atoms with Gasteiger partial charge in [0.25, 0.3) is 5.91 Å². The second-order valence-electron chi connectivity index (χ2n) is 4.89. The Bertz CT molecular complexity index is 797. The molecule has 1 aliphatic rings. The number of carbonyl (C=O) groups excluding carboxylic acids is 1. The number of aryl methyl sites for hydroxylation is 1. The Labute approximate surface area is 130 Å². The number of hydrogen-bond acceptors (Lipinski definition) is 5. The molecule has 2 aromatic rings. The van der Waals surface area contributed by atoms with Crippen molar-refractivity contribution >= 4 is 17.2 Å². The fraction of sp³-hybridized carbons (Fsp3) is 0.267. The van der Waals surface area contributed by atoms with Gasteiger partial charge in [0.1, 0.15) is 22.6 Å². The maximum atomic E-state index is 14.1. The molecule has 112 valence electrons. The van der Waals surface area contributed by atoms with Gasteiger partial charge in [-0.25, -0.2) is 9.37 Å². The maximum absolute atomic E-state index is 14.1. The Morgan fingerprint density at radius 2 is 2.32 bits per heavy atom. The lowest BCUT2D eigenvalue weighted by Gasteiger charge is -2.18. The van der Waals surface area contributed by atoms with E-state index in [9.17, 15) is 14.4 Å². The zero-order valence-electron chi connectivity index (χ0n) is 12.0. The molecule has 0 N–H and O–H groups in total. The molecule has 0 fully saturated rings. The Morgan fingerprint density at radius 3 is 2.91 bits per heavy atom. The van der Waals surface area contributed by atoms with Crippen LogP contribution in [0.4, 0.5) is 4.39 Å². The standard InChI is InChI=1S/C15H12FN3O2S/c1-8-7-22-12(18-8)6-19-10(5-17)13-9(16)3-4-11(21-2)14(13)15(19)20/h3-4,7,10H,6H2,1-2H3. The molecule has 1 unspecified atom stereocenters. The smallest absolute Gasteiger partial charge is 0.259 e. The van der Waals surface area contributed by atoms with Gasteiger partial charge >= 0.3 is 0 Å². The number of methoxy groups -OCH3 is 1. The molecule has 0 saturated heterocycles. The SMILES string of the molecule is COc1ccc(F)c2c1C(=O)N(Cc1nc(C)cs1)C2C#N. The highest BCUT2D eigenvalue weighted by Crippen LogP contribution is 2.40. The minimum Gasteiger partial charge on any atom is -0.496 e. The van der Waals surface area contributed by atoms with Crippen LogP contribution in [0, 0.1) is 24.1 Å². The molecule has 5 nitrogen and oxygen atoms in total. The predicted molar refractivity (Wildman–Crippen MR) is 78.0 cm³/mol. The number of amides is 1. The van der Waals surface area contributed by atoms with Crippen LogP contribution >= 0.6 is 11.3 Å². The average molecular weight is 317 g/mol. The van der Waals surface area contributed by atoms with Gasteiger partial charge in [-0.2, -0.15) is 5.26 Å². The summed E-state index contributed by atoms with van der Waals surface area (Å²) in [5, 5.41) is 12.0. The van der Waals surface area contributed by atoms with Crippen LogP contribution in [0.1, 0.15) is 32.7 Å². The van der Waals surface area contributed by atoms with Gasteiger partial charge < -0.3 is 9.64 Å². The van der Waals surface area contributed by atoms with Crippen molar-refractivity contribution in [2.24, 2.45) is 0 Å². The highest BCUT2D eigenvalue weighted by atomic mass is 32.1. The molecular weight excluding hydrogens is 305 g/mol. The first-order chi connectivity index (χ1) is 10.6. The second kappa shape index (κ2) is 5.39. The normalized spacial score (nSPS) is 16.5. The van der Waals surface area contributed by atoms with E-state index in [1.807, 2.05) is 18.4 Å². The summed E-state index contributed by atoms with van der Waals surface area (Å²) < 4.78 is 19.3. The van der Waals surface area contributed by atoms with Gasteiger partial charge in [-0.15, -0.1) is 11.3 Å². The van der Waals surface area contributed by atoms with Crippen molar-refractivity contribution in [2.45, 2.75) is 19.5 Å². The van der Waals surface area contributed by atoms with E-state index in [0.29, 0.717) is 5.01 Å². The monoisotopic (exact) mass is 317 g/mol. The third kappa shape index (κ3) is 2.12. The van der Waals surface area contributed by atoms with Gasteiger partial charge in [0.05, 0.1) is 25.3 Å². The van der Waals surface area contributed by atoms with E-state index in [0.717, 1.165) is 5.69 Å². The van der Waals surface area contributed by atoms with Crippen molar-refractivity contribution in [1.29, 1.82) is 5.26 Å². The molecule has 22 heavy (non-hydrogen) atoms. The van der Waals surface area contributed by atoms with Crippen LogP contribution in [-0.2, 0) is 6.54 Å². The largest absolute Gasteiger partial charge is 0.496 e. The molecule has 0 spiro atoms. The number of thiazole rings is 1. The quantitative estimate of drug-likeness (QED) is 0.873. The number of nitrogens with zero attached hydrogens (tertiary/aromatic N) is 3. The van der Waals surface area contributed by atoms with Crippen LogP contribution in [0.5, 0.6) is 5.75 Å². The zero-order chi connectivity index (χ0) is 15.9. The Hall–Kier alpha value is -2.46.